The molecule has 1 aliphatic heterocycles. The maximum absolute atomic E-state index is 12.7. The van der Waals surface area contributed by atoms with Crippen molar-refractivity contribution >= 4 is 14.2 Å². The fraction of sp³-hybridized carbons (Fsp3) is 0.750. The van der Waals surface area contributed by atoms with Crippen molar-refractivity contribution in [1.82, 2.24) is 4.90 Å². The number of amides is 1. The molecule has 1 N–H and O–H groups in total. The molecule has 0 aliphatic carbocycles. The molecule has 1 aliphatic rings. The largest absolute Gasteiger partial charge is 0.416 e. The molecule has 7 heteroatoms. The van der Waals surface area contributed by atoms with E-state index in [9.17, 15) is 9.90 Å². The molecule has 1 atom stereocenters. The lowest BCUT2D eigenvalue weighted by Crippen LogP contribution is -2.48. The summed E-state index contributed by atoms with van der Waals surface area (Å²) in [6.45, 7) is 22.3. The van der Waals surface area contributed by atoms with Crippen LogP contribution < -0.4 is 0 Å². The Morgan fingerprint density at radius 3 is 2.10 bits per heavy atom. The van der Waals surface area contributed by atoms with E-state index in [-0.39, 0.29) is 24.3 Å². The lowest BCUT2D eigenvalue weighted by atomic mass is 9.79. The number of aliphatic hydroxyl groups excluding tert-OH is 1. The summed E-state index contributed by atoms with van der Waals surface area (Å²) in [5.41, 5.74) is 5.46. The van der Waals surface area contributed by atoms with Crippen LogP contribution in [0.1, 0.15) is 54.4 Å². The third kappa shape index (κ3) is 8.84. The van der Waals surface area contributed by atoms with Crippen LogP contribution in [0.4, 0.5) is 4.79 Å². The van der Waals surface area contributed by atoms with Crippen molar-refractivity contribution in [3.8, 4) is 11.5 Å². The molecule has 1 heterocycles. The van der Waals surface area contributed by atoms with Gasteiger partial charge >= 0.3 is 6.09 Å². The zero-order valence-electron chi connectivity index (χ0n) is 20.8. The van der Waals surface area contributed by atoms with Gasteiger partial charge in [-0.2, -0.15) is 0 Å². The molecular weight excluding hydrogens is 410 g/mol. The fourth-order valence-electron chi connectivity index (χ4n) is 3.42. The first-order valence-corrected chi connectivity index (χ1v) is 14.5. The molecule has 0 bridgehead atoms. The number of carbonyl (C=O) groups is 1. The summed E-state index contributed by atoms with van der Waals surface area (Å²) >= 11 is 0. The van der Waals surface area contributed by atoms with Crippen LogP contribution in [0.5, 0.6) is 0 Å². The second-order valence-corrected chi connectivity index (χ2v) is 15.2. The summed E-state index contributed by atoms with van der Waals surface area (Å²) in [5.74, 6) is 2.63. The number of ether oxygens (including phenoxy) is 3. The fourth-order valence-corrected chi connectivity index (χ4v) is 4.03. The predicted molar refractivity (Wildman–Crippen MR) is 126 cm³/mol. The topological polar surface area (TPSA) is 68.2 Å². The number of aliphatic hydroxyl groups is 1. The van der Waals surface area contributed by atoms with Crippen LogP contribution in [0.2, 0.25) is 19.6 Å². The predicted octanol–water partition coefficient (Wildman–Crippen LogP) is 4.70. The number of hydrogen-bond acceptors (Lipinski definition) is 5. The molecule has 31 heavy (non-hydrogen) atoms. The molecule has 0 aromatic carbocycles. The first-order valence-electron chi connectivity index (χ1n) is 11.0. The minimum Gasteiger partial charge on any atom is -0.403 e. The van der Waals surface area contributed by atoms with Crippen LogP contribution in [-0.4, -0.2) is 61.4 Å². The van der Waals surface area contributed by atoms with Crippen molar-refractivity contribution in [1.29, 1.82) is 0 Å². The lowest BCUT2D eigenvalue weighted by Gasteiger charge is -2.43. The second-order valence-electron chi connectivity index (χ2n) is 10.4. The maximum Gasteiger partial charge on any atom is 0.416 e. The van der Waals surface area contributed by atoms with Crippen LogP contribution >= 0.6 is 0 Å². The highest BCUT2D eigenvalue weighted by molar-refractivity contribution is 6.83. The Kier molecular flexibility index (Phi) is 9.62. The molecule has 176 valence electrons. The molecule has 0 saturated carbocycles. The van der Waals surface area contributed by atoms with Crippen molar-refractivity contribution in [3.05, 3.63) is 18.1 Å². The van der Waals surface area contributed by atoms with Gasteiger partial charge in [0.2, 0.25) is 0 Å². The first-order chi connectivity index (χ1) is 14.1. The third-order valence-electron chi connectivity index (χ3n) is 5.00. The monoisotopic (exact) mass is 451 g/mol. The minimum absolute atomic E-state index is 0.0127. The van der Waals surface area contributed by atoms with E-state index in [2.05, 4.69) is 43.4 Å². The van der Waals surface area contributed by atoms with Gasteiger partial charge in [-0.05, 0) is 48.0 Å². The second kappa shape index (κ2) is 10.8. The Morgan fingerprint density at radius 1 is 1.16 bits per heavy atom. The molecule has 1 saturated heterocycles. The average molecular weight is 452 g/mol. The van der Waals surface area contributed by atoms with Gasteiger partial charge in [-0.25, -0.2) is 4.79 Å². The zero-order valence-corrected chi connectivity index (χ0v) is 21.8. The molecule has 1 unspecified atom stereocenters. The quantitative estimate of drug-likeness (QED) is 0.263. The highest BCUT2D eigenvalue weighted by Gasteiger charge is 2.42. The molecule has 6 nitrogen and oxygen atoms in total. The SMILES string of the molecule is C=C=C(OC(=O)N(C(C)C)C(C)C)C(O)CC1(CC#C[Si](C)(C)C)COC(C)(C)OC1. The summed E-state index contributed by atoms with van der Waals surface area (Å²) < 4.78 is 17.3. The van der Waals surface area contributed by atoms with E-state index in [4.69, 9.17) is 14.2 Å². The number of carbonyl (C=O) groups excluding carboxylic acids is 1. The van der Waals surface area contributed by atoms with Gasteiger partial charge in [0.25, 0.3) is 0 Å². The van der Waals surface area contributed by atoms with Gasteiger partial charge in [0.1, 0.15) is 14.2 Å². The highest BCUT2D eigenvalue weighted by Crippen LogP contribution is 2.37. The van der Waals surface area contributed by atoms with Crippen molar-refractivity contribution in [3.63, 3.8) is 0 Å². The Labute approximate surface area is 189 Å². The molecule has 0 radical (unpaired) electrons. The van der Waals surface area contributed by atoms with E-state index in [0.29, 0.717) is 19.6 Å². The van der Waals surface area contributed by atoms with Crippen LogP contribution in [-0.2, 0) is 14.2 Å². The number of rotatable bonds is 7. The minimum atomic E-state index is -1.54. The molecule has 1 amide bonds. The first kappa shape index (κ1) is 27.5. The summed E-state index contributed by atoms with van der Waals surface area (Å²) in [7, 11) is -1.54. The summed E-state index contributed by atoms with van der Waals surface area (Å²) in [4.78, 5) is 14.3. The lowest BCUT2D eigenvalue weighted by molar-refractivity contribution is -0.288. The molecule has 1 rings (SSSR count). The molecule has 0 aromatic rings. The van der Waals surface area contributed by atoms with E-state index in [0.717, 1.165) is 0 Å². The maximum atomic E-state index is 12.7. The third-order valence-corrected chi connectivity index (χ3v) is 5.93. The van der Waals surface area contributed by atoms with Gasteiger partial charge in [0, 0.05) is 23.9 Å². The van der Waals surface area contributed by atoms with Crippen LogP contribution in [0, 0.1) is 16.9 Å². The summed E-state index contributed by atoms with van der Waals surface area (Å²) in [5, 5.41) is 10.9. The highest BCUT2D eigenvalue weighted by atomic mass is 28.3. The van der Waals surface area contributed by atoms with Crippen molar-refractivity contribution in [2.75, 3.05) is 13.2 Å². The van der Waals surface area contributed by atoms with Crippen LogP contribution in [0.25, 0.3) is 0 Å². The van der Waals surface area contributed by atoms with Gasteiger partial charge in [-0.3, -0.25) is 0 Å². The molecule has 0 aromatic heterocycles. The van der Waals surface area contributed by atoms with E-state index in [1.807, 2.05) is 41.5 Å². The Balaban J connectivity index is 3.02. The average Bonchev–Trinajstić information content (AvgIpc) is 2.60. The van der Waals surface area contributed by atoms with E-state index in [1.54, 1.807) is 4.90 Å². The molecular formula is C24H41NO5Si. The Bertz CT molecular complexity index is 717. The number of nitrogens with zero attached hydrogens (tertiary/aromatic N) is 1. The Morgan fingerprint density at radius 2 is 1.68 bits per heavy atom. The van der Waals surface area contributed by atoms with Crippen LogP contribution in [0.15, 0.2) is 18.1 Å². The molecule has 1 fully saturated rings. The van der Waals surface area contributed by atoms with E-state index in [1.165, 1.54) is 0 Å². The van der Waals surface area contributed by atoms with Crippen molar-refractivity contribution in [2.45, 2.75) is 98.0 Å². The van der Waals surface area contributed by atoms with Crippen molar-refractivity contribution < 1.29 is 24.1 Å². The van der Waals surface area contributed by atoms with Gasteiger partial charge in [-0.15, -0.1) is 11.5 Å². The van der Waals surface area contributed by atoms with Gasteiger partial charge in [-0.1, -0.05) is 32.0 Å². The summed E-state index contributed by atoms with van der Waals surface area (Å²) in [6, 6.07) is -0.0810. The van der Waals surface area contributed by atoms with Crippen molar-refractivity contribution in [2.24, 2.45) is 5.41 Å². The van der Waals surface area contributed by atoms with Gasteiger partial charge in [0.15, 0.2) is 11.5 Å². The van der Waals surface area contributed by atoms with E-state index < -0.39 is 31.5 Å². The molecule has 0 spiro atoms. The Hall–Kier alpha value is -1.55. The number of hydrogen-bond donors (Lipinski definition) is 1. The smallest absolute Gasteiger partial charge is 0.403 e. The van der Waals surface area contributed by atoms with Gasteiger partial charge < -0.3 is 24.2 Å². The standard InChI is InChI=1S/C24H41NO5Si/c1-11-21(30-22(27)25(18(2)3)19(4)5)20(26)15-24(13-12-14-31(8,9)10)16-28-23(6,7)29-17-24/h18-20,26H,1,13,15-17H2,2-10H3. The normalized spacial score (nSPS) is 18.6. The van der Waals surface area contributed by atoms with E-state index >= 15 is 0 Å². The summed E-state index contributed by atoms with van der Waals surface area (Å²) in [6.07, 6.45) is -0.824. The zero-order chi connectivity index (χ0) is 24.0. The van der Waals surface area contributed by atoms with Gasteiger partial charge in [0.05, 0.1) is 13.2 Å². The van der Waals surface area contributed by atoms with Crippen LogP contribution in [0.3, 0.4) is 0 Å².